The zero-order valence-electron chi connectivity index (χ0n) is 34.4. The van der Waals surface area contributed by atoms with Gasteiger partial charge in [0.1, 0.15) is 18.7 Å². The zero-order chi connectivity index (χ0) is 49.7. The minimum atomic E-state index is -5.47. The molecule has 3 rings (SSSR count). The molecule has 0 saturated carbocycles. The third-order valence-electron chi connectivity index (χ3n) is 8.34. The van der Waals surface area contributed by atoms with Gasteiger partial charge >= 0.3 is 48.7 Å². The molecule has 3 N–H and O–H groups in total. The first-order valence-corrected chi connectivity index (χ1v) is 18.8. The highest BCUT2D eigenvalue weighted by Gasteiger charge is 2.45. The molecule has 65 heavy (non-hydrogen) atoms. The van der Waals surface area contributed by atoms with E-state index in [2.05, 4.69) is 20.1 Å². The summed E-state index contributed by atoms with van der Waals surface area (Å²) in [7, 11) is 0. The van der Waals surface area contributed by atoms with Crippen molar-refractivity contribution in [2.45, 2.75) is 83.9 Å². The number of alkyl halides is 12. The molecule has 2 amide bonds. The highest BCUT2D eigenvalue weighted by Crippen LogP contribution is 2.41. The highest BCUT2D eigenvalue weighted by atomic mass is 19.4. The standard InChI is InChI=1S/C21H10F12O5.C20H30N2O5/c22-18(23,24)10-3-1-4-11(19(25,26)27)14(10)16(35)37-7-9(34)8-38-17(36)15-12(20(28,29)30)5-2-6-13(15)21(31,32)33;1-13(2)10-16(18(23)21-17(19(24)25)11-14(3)4)22-20(26)27-12-15-8-6-5-7-9-15/h1-6H,7-8H2;5-9,13-14,16-17H,10-12H2,1-4H3,(H,21,23)(H,22,26)(H,24,25)/t;16-,17-/m.0/s1. The first-order valence-electron chi connectivity index (χ1n) is 18.8. The number of hydrogen-bond donors (Lipinski definition) is 3. The molecule has 358 valence electrons. The highest BCUT2D eigenvalue weighted by molar-refractivity contribution is 5.97. The molecule has 0 aliphatic carbocycles. The first-order chi connectivity index (χ1) is 29.8. The van der Waals surface area contributed by atoms with Crippen LogP contribution in [-0.4, -0.2) is 66.1 Å². The summed E-state index contributed by atoms with van der Waals surface area (Å²) in [5, 5.41) is 14.4. The summed E-state index contributed by atoms with van der Waals surface area (Å²) in [4.78, 5) is 71.8. The SMILES string of the molecule is CC(C)C[C@H](NC(=O)[C@H](CC(C)C)NC(=O)OCc1ccccc1)C(=O)O.O=C(COC(=O)c1c(C(F)(F)F)cccc1C(F)(F)F)COC(=O)c1c(C(F)(F)F)cccc1C(F)(F)F. The summed E-state index contributed by atoms with van der Waals surface area (Å²) in [5.74, 6) is -7.55. The van der Waals surface area contributed by atoms with Crippen LogP contribution in [0, 0.1) is 11.8 Å². The van der Waals surface area contributed by atoms with Crippen molar-refractivity contribution in [3.63, 3.8) is 0 Å². The van der Waals surface area contributed by atoms with Crippen molar-refractivity contribution in [3.05, 3.63) is 106 Å². The second kappa shape index (κ2) is 23.0. The van der Waals surface area contributed by atoms with Gasteiger partial charge in [-0.15, -0.1) is 0 Å². The van der Waals surface area contributed by atoms with E-state index in [1.807, 2.05) is 58.0 Å². The number of benzene rings is 3. The maximum Gasteiger partial charge on any atom is 0.417 e. The molecule has 0 aliphatic rings. The number of ether oxygens (including phenoxy) is 3. The molecule has 0 saturated heterocycles. The molecule has 2 atom stereocenters. The lowest BCUT2D eigenvalue weighted by atomic mass is 10.00. The number of carbonyl (C=O) groups is 6. The third-order valence-corrected chi connectivity index (χ3v) is 8.34. The maximum absolute atomic E-state index is 13.1. The normalized spacial score (nSPS) is 12.9. The fourth-order valence-electron chi connectivity index (χ4n) is 5.54. The van der Waals surface area contributed by atoms with E-state index >= 15 is 0 Å². The molecule has 0 bridgehead atoms. The number of carboxylic acids is 1. The Labute approximate surface area is 361 Å². The van der Waals surface area contributed by atoms with Gasteiger partial charge in [0.2, 0.25) is 11.7 Å². The third kappa shape index (κ3) is 17.6. The Morgan fingerprint density at radius 1 is 0.523 bits per heavy atom. The number of carboxylic acid groups (broad SMARTS) is 1. The number of carbonyl (C=O) groups excluding carboxylic acids is 5. The van der Waals surface area contributed by atoms with E-state index in [9.17, 15) is 86.6 Å². The van der Waals surface area contributed by atoms with Gasteiger partial charge in [0.25, 0.3) is 0 Å². The number of halogens is 12. The van der Waals surface area contributed by atoms with Crippen LogP contribution in [0.2, 0.25) is 0 Å². The molecule has 24 heteroatoms. The van der Waals surface area contributed by atoms with Crippen LogP contribution in [0.4, 0.5) is 57.5 Å². The van der Waals surface area contributed by atoms with Crippen LogP contribution >= 0.6 is 0 Å². The Hall–Kier alpha value is -6.36. The topological polar surface area (TPSA) is 174 Å². The monoisotopic (exact) mass is 948 g/mol. The molecular weight excluding hydrogens is 908 g/mol. The molecular formula is C41H40F12N2O10. The summed E-state index contributed by atoms with van der Waals surface area (Å²) in [6, 6.07) is 8.51. The minimum absolute atomic E-state index is 0.0911. The van der Waals surface area contributed by atoms with Crippen molar-refractivity contribution < 1.29 is 101 Å². The lowest BCUT2D eigenvalue weighted by Gasteiger charge is -2.23. The van der Waals surface area contributed by atoms with Crippen LogP contribution in [0.1, 0.15) is 89.1 Å². The number of amides is 2. The number of hydrogen-bond acceptors (Lipinski definition) is 9. The number of alkyl carbamates (subject to hydrolysis) is 1. The average Bonchev–Trinajstić information content (AvgIpc) is 3.19. The van der Waals surface area contributed by atoms with Crippen molar-refractivity contribution in [1.82, 2.24) is 10.6 Å². The lowest BCUT2D eigenvalue weighted by molar-refractivity contribution is -0.145. The maximum atomic E-state index is 13.1. The quantitative estimate of drug-likeness (QED) is 0.0714. The van der Waals surface area contributed by atoms with E-state index in [1.54, 1.807) is 0 Å². The van der Waals surface area contributed by atoms with Gasteiger partial charge in [-0.1, -0.05) is 70.2 Å². The van der Waals surface area contributed by atoms with E-state index in [0.717, 1.165) is 5.56 Å². The molecule has 3 aromatic carbocycles. The van der Waals surface area contributed by atoms with E-state index in [4.69, 9.17) is 4.74 Å². The van der Waals surface area contributed by atoms with Gasteiger partial charge < -0.3 is 30.0 Å². The molecule has 0 spiro atoms. The fraction of sp³-hybridized carbons (Fsp3) is 0.415. The van der Waals surface area contributed by atoms with Gasteiger partial charge in [-0.05, 0) is 54.5 Å². The van der Waals surface area contributed by atoms with Crippen LogP contribution in [0.15, 0.2) is 66.7 Å². The van der Waals surface area contributed by atoms with E-state index in [-0.39, 0.29) is 42.7 Å². The van der Waals surface area contributed by atoms with Crippen molar-refractivity contribution in [2.24, 2.45) is 11.8 Å². The molecule has 0 fully saturated rings. The summed E-state index contributed by atoms with van der Waals surface area (Å²) in [6.45, 7) is 4.39. The number of aliphatic carboxylic acids is 1. The Bertz CT molecular complexity index is 1980. The van der Waals surface area contributed by atoms with E-state index in [1.165, 1.54) is 0 Å². The lowest BCUT2D eigenvalue weighted by Crippen LogP contribution is -2.52. The summed E-state index contributed by atoms with van der Waals surface area (Å²) < 4.78 is 171. The van der Waals surface area contributed by atoms with Crippen LogP contribution in [0.25, 0.3) is 0 Å². The van der Waals surface area contributed by atoms with Crippen molar-refractivity contribution in [3.8, 4) is 0 Å². The van der Waals surface area contributed by atoms with Crippen molar-refractivity contribution in [2.75, 3.05) is 13.2 Å². The van der Waals surface area contributed by atoms with Crippen molar-refractivity contribution in [1.29, 1.82) is 0 Å². The molecule has 12 nitrogen and oxygen atoms in total. The predicted octanol–water partition coefficient (Wildman–Crippen LogP) is 9.29. The molecule has 0 aliphatic heterocycles. The van der Waals surface area contributed by atoms with Crippen molar-refractivity contribution >= 4 is 35.7 Å². The van der Waals surface area contributed by atoms with Crippen LogP contribution in [0.5, 0.6) is 0 Å². The summed E-state index contributed by atoms with van der Waals surface area (Å²) in [6.07, 6.45) is -21.9. The smallest absolute Gasteiger partial charge is 0.417 e. The predicted molar refractivity (Wildman–Crippen MR) is 200 cm³/mol. The molecule has 3 aromatic rings. The van der Waals surface area contributed by atoms with Crippen LogP contribution < -0.4 is 10.6 Å². The number of rotatable bonds is 16. The van der Waals surface area contributed by atoms with Crippen LogP contribution in [0.3, 0.4) is 0 Å². The molecule has 0 heterocycles. The van der Waals surface area contributed by atoms with Gasteiger partial charge in [0.15, 0.2) is 13.2 Å². The largest absolute Gasteiger partial charge is 0.480 e. The fourth-order valence-corrected chi connectivity index (χ4v) is 5.54. The van der Waals surface area contributed by atoms with Gasteiger partial charge in [-0.25, -0.2) is 19.2 Å². The minimum Gasteiger partial charge on any atom is -0.480 e. The first kappa shape index (κ1) is 54.8. The Balaban J connectivity index is 0.000000474. The molecule has 0 radical (unpaired) electrons. The van der Waals surface area contributed by atoms with Gasteiger partial charge in [-0.3, -0.25) is 9.59 Å². The van der Waals surface area contributed by atoms with Crippen LogP contribution in [-0.2, 0) is 59.9 Å². The van der Waals surface area contributed by atoms with E-state index in [0.29, 0.717) is 25.0 Å². The second-order valence-electron chi connectivity index (χ2n) is 14.6. The van der Waals surface area contributed by atoms with E-state index < -0.39 is 119 Å². The average molecular weight is 949 g/mol. The molecule has 0 unspecified atom stereocenters. The zero-order valence-corrected chi connectivity index (χ0v) is 34.4. The Morgan fingerprint density at radius 3 is 1.23 bits per heavy atom. The summed E-state index contributed by atoms with van der Waals surface area (Å²) in [5.41, 5.74) is -11.5. The number of ketones is 1. The Morgan fingerprint density at radius 2 is 0.892 bits per heavy atom. The molecule has 0 aromatic heterocycles. The number of esters is 2. The summed E-state index contributed by atoms with van der Waals surface area (Å²) >= 11 is 0. The second-order valence-corrected chi connectivity index (χ2v) is 14.6. The van der Waals surface area contributed by atoms with Gasteiger partial charge in [0.05, 0.1) is 33.4 Å². The van der Waals surface area contributed by atoms with Gasteiger partial charge in [-0.2, -0.15) is 52.7 Å². The number of Topliss-reactive ketones (excluding diaryl/α,β-unsaturated/α-hetero) is 1. The van der Waals surface area contributed by atoms with Gasteiger partial charge in [0, 0.05) is 0 Å². The Kier molecular flexibility index (Phi) is 19.4. The number of nitrogens with one attached hydrogen (secondary N) is 2.